The lowest BCUT2D eigenvalue weighted by atomic mass is 9.83. The predicted octanol–water partition coefficient (Wildman–Crippen LogP) is 6.33. The van der Waals surface area contributed by atoms with Crippen LogP contribution in [-0.2, 0) is 20.2 Å². The van der Waals surface area contributed by atoms with Gasteiger partial charge < -0.3 is 24.4 Å². The van der Waals surface area contributed by atoms with E-state index >= 15 is 8.78 Å². The molecule has 3 fully saturated rings. The molecule has 12 heteroatoms. The summed E-state index contributed by atoms with van der Waals surface area (Å²) in [7, 11) is 1.50. The average Bonchev–Trinajstić information content (AvgIpc) is 3.52. The summed E-state index contributed by atoms with van der Waals surface area (Å²) in [4.78, 5) is 51.4. The highest BCUT2D eigenvalue weighted by molar-refractivity contribution is 5.92. The van der Waals surface area contributed by atoms with Gasteiger partial charge in [-0.15, -0.1) is 0 Å². The van der Waals surface area contributed by atoms with Crippen molar-refractivity contribution in [1.29, 1.82) is 0 Å². The van der Waals surface area contributed by atoms with E-state index in [9.17, 15) is 14.4 Å². The maximum atomic E-state index is 16.1. The third-order valence-corrected chi connectivity index (χ3v) is 10.9. The zero-order valence-electron chi connectivity index (χ0n) is 27.7. The summed E-state index contributed by atoms with van der Waals surface area (Å²) in [5.74, 6) is -4.34. The van der Waals surface area contributed by atoms with Gasteiger partial charge in [0.05, 0.1) is 30.7 Å². The number of carbonyl (C=O) groups excluding carboxylic acids is 3. The number of ketones is 1. The number of benzene rings is 1. The Morgan fingerprint density at radius 2 is 1.83 bits per heavy atom. The molecule has 2 bridgehead atoms. The number of Topliss-reactive ketones (excluding diaryl/α,β-unsaturated/α-hetero) is 1. The van der Waals surface area contributed by atoms with Crippen LogP contribution in [0.25, 0.3) is 11.0 Å². The van der Waals surface area contributed by atoms with E-state index in [0.29, 0.717) is 36.9 Å². The molecule has 47 heavy (non-hydrogen) atoms. The first-order chi connectivity index (χ1) is 22.4. The number of rotatable bonds is 4. The summed E-state index contributed by atoms with van der Waals surface area (Å²) in [5, 5.41) is 2.92. The topological polar surface area (TPSA) is 120 Å². The highest BCUT2D eigenvalue weighted by Crippen LogP contribution is 2.50. The maximum absolute atomic E-state index is 16.1. The number of alkyl carbamates (subject to hydrolysis) is 1. The summed E-state index contributed by atoms with van der Waals surface area (Å²) in [6, 6.07) is 3.11. The summed E-state index contributed by atoms with van der Waals surface area (Å²) < 4.78 is 49.7. The third-order valence-electron chi connectivity index (χ3n) is 10.9. The molecule has 2 amide bonds. The summed E-state index contributed by atoms with van der Waals surface area (Å²) >= 11 is 0. The molecular weight excluding hydrogens is 610 g/mol. The van der Waals surface area contributed by atoms with Crippen LogP contribution in [0.2, 0.25) is 0 Å². The van der Waals surface area contributed by atoms with Gasteiger partial charge in [0.1, 0.15) is 23.5 Å². The Morgan fingerprint density at radius 1 is 1.09 bits per heavy atom. The number of ether oxygens (including phenoxy) is 3. The minimum Gasteiger partial charge on any atom is -0.497 e. The fourth-order valence-electron chi connectivity index (χ4n) is 8.06. The lowest BCUT2D eigenvalue weighted by Crippen LogP contribution is -2.55. The number of nitrogens with zero attached hydrogens (tertiary/aromatic N) is 3. The molecule has 2 saturated carbocycles. The Morgan fingerprint density at radius 3 is 2.53 bits per heavy atom. The molecule has 2 aliphatic carbocycles. The van der Waals surface area contributed by atoms with E-state index in [1.807, 2.05) is 13.8 Å². The van der Waals surface area contributed by atoms with Gasteiger partial charge in [-0.1, -0.05) is 32.6 Å². The molecule has 1 aromatic carbocycles. The SMILES string of the molecule is CC[C@@H]1[C@@H]2CN(C(=O)[C@H](C3CCCCC3)NC(=O)O[C@]3(C)C[C@H]3CCCCC(F)(F)c3nc4ccc(OC)cc4nc3O2)[C@@H]1C(C)=O. The van der Waals surface area contributed by atoms with Gasteiger partial charge in [-0.25, -0.2) is 14.8 Å². The first-order valence-corrected chi connectivity index (χ1v) is 17.1. The van der Waals surface area contributed by atoms with E-state index < -0.39 is 53.8 Å². The predicted molar refractivity (Wildman–Crippen MR) is 169 cm³/mol. The van der Waals surface area contributed by atoms with Crippen molar-refractivity contribution in [2.24, 2.45) is 17.8 Å². The first-order valence-electron chi connectivity index (χ1n) is 17.1. The monoisotopic (exact) mass is 656 g/mol. The highest BCUT2D eigenvalue weighted by atomic mass is 19.3. The Hall–Kier alpha value is -3.57. The van der Waals surface area contributed by atoms with E-state index in [0.717, 1.165) is 32.1 Å². The Kier molecular flexibility index (Phi) is 9.32. The standard InChI is InChI=1S/C35H46F2N4O6/c1-5-24-27-19-41(29(24)20(2)42)32(43)28(21-11-7-6-8-12-21)40-33(44)47-34(3)18-22(34)13-9-10-16-35(36,37)30-31(46-27)39-26-17-23(45-4)14-15-25(26)38-30/h14-15,17,21-22,24,27-29H,5-13,16,18-19H2,1-4H3,(H,40,44)/t22-,24-,27+,28+,29-,34-/m1/s1. The fraction of sp³-hybridized carbons (Fsp3) is 0.686. The molecule has 6 atom stereocenters. The molecule has 2 aliphatic heterocycles. The van der Waals surface area contributed by atoms with E-state index in [2.05, 4.69) is 15.3 Å². The summed E-state index contributed by atoms with van der Waals surface area (Å²) in [5.41, 5.74) is -0.653. The van der Waals surface area contributed by atoms with Gasteiger partial charge in [0.25, 0.3) is 5.92 Å². The molecule has 6 rings (SSSR count). The van der Waals surface area contributed by atoms with Crippen LogP contribution < -0.4 is 14.8 Å². The fourth-order valence-corrected chi connectivity index (χ4v) is 8.06. The minimum absolute atomic E-state index is 0.0236. The van der Waals surface area contributed by atoms with Crippen molar-refractivity contribution in [3.8, 4) is 11.6 Å². The number of hydrogen-bond donors (Lipinski definition) is 1. The Balaban J connectivity index is 1.42. The van der Waals surface area contributed by atoms with Crippen molar-refractivity contribution in [1.82, 2.24) is 20.2 Å². The molecule has 4 aliphatic rings. The molecule has 2 aromatic rings. The van der Waals surface area contributed by atoms with Crippen molar-refractivity contribution in [2.45, 2.75) is 121 Å². The number of fused-ring (bicyclic) bond motifs is 5. The van der Waals surface area contributed by atoms with Gasteiger partial charge in [0, 0.05) is 24.3 Å². The summed E-state index contributed by atoms with van der Waals surface area (Å²) in [6.07, 6.45) is 4.99. The second-order valence-corrected chi connectivity index (χ2v) is 14.1. The number of halogens is 2. The largest absolute Gasteiger partial charge is 0.497 e. The van der Waals surface area contributed by atoms with Gasteiger partial charge in [0.15, 0.2) is 11.5 Å². The second-order valence-electron chi connectivity index (χ2n) is 14.1. The van der Waals surface area contributed by atoms with E-state index in [4.69, 9.17) is 14.2 Å². The van der Waals surface area contributed by atoms with Crippen molar-refractivity contribution >= 4 is 28.8 Å². The average molecular weight is 657 g/mol. The molecule has 1 aromatic heterocycles. The Labute approximate surface area is 274 Å². The van der Waals surface area contributed by atoms with Crippen LogP contribution in [-0.4, -0.2) is 70.1 Å². The lowest BCUT2D eigenvalue weighted by Gasteiger charge is -2.35. The molecular formula is C35H46F2N4O6. The molecule has 10 nitrogen and oxygen atoms in total. The molecule has 3 heterocycles. The second kappa shape index (κ2) is 13.1. The third kappa shape index (κ3) is 6.74. The van der Waals surface area contributed by atoms with Crippen molar-refractivity contribution in [3.63, 3.8) is 0 Å². The maximum Gasteiger partial charge on any atom is 0.408 e. The van der Waals surface area contributed by atoms with Gasteiger partial charge in [-0.3, -0.25) is 9.59 Å². The molecule has 1 saturated heterocycles. The van der Waals surface area contributed by atoms with Crippen LogP contribution in [0.3, 0.4) is 0 Å². The van der Waals surface area contributed by atoms with Crippen LogP contribution in [0.5, 0.6) is 11.6 Å². The number of carbonyl (C=O) groups is 3. The molecule has 1 N–H and O–H groups in total. The number of aromatic nitrogens is 2. The first kappa shape index (κ1) is 33.3. The van der Waals surface area contributed by atoms with Crippen LogP contribution in [0.1, 0.15) is 97.1 Å². The normalized spacial score (nSPS) is 31.8. The van der Waals surface area contributed by atoms with Crippen LogP contribution >= 0.6 is 0 Å². The molecule has 0 spiro atoms. The number of hydrogen-bond acceptors (Lipinski definition) is 8. The van der Waals surface area contributed by atoms with Crippen molar-refractivity contribution in [3.05, 3.63) is 23.9 Å². The van der Waals surface area contributed by atoms with Gasteiger partial charge in [0.2, 0.25) is 11.8 Å². The number of methoxy groups -OCH3 is 1. The van der Waals surface area contributed by atoms with Crippen molar-refractivity contribution < 1.29 is 37.4 Å². The van der Waals surface area contributed by atoms with Crippen LogP contribution in [0.15, 0.2) is 18.2 Å². The quantitative estimate of drug-likeness (QED) is 0.406. The number of alkyl halides is 2. The smallest absolute Gasteiger partial charge is 0.408 e. The van der Waals surface area contributed by atoms with Gasteiger partial charge in [-0.2, -0.15) is 8.78 Å². The van der Waals surface area contributed by atoms with Crippen molar-refractivity contribution in [2.75, 3.05) is 13.7 Å². The lowest BCUT2D eigenvalue weighted by molar-refractivity contribution is -0.140. The Bertz CT molecular complexity index is 1520. The molecule has 0 unspecified atom stereocenters. The molecule has 0 radical (unpaired) electrons. The van der Waals surface area contributed by atoms with E-state index in [1.54, 1.807) is 18.2 Å². The van der Waals surface area contributed by atoms with E-state index in [1.165, 1.54) is 18.9 Å². The van der Waals surface area contributed by atoms with Crippen LogP contribution in [0.4, 0.5) is 13.6 Å². The minimum atomic E-state index is -3.35. The number of nitrogens with one attached hydrogen (secondary N) is 1. The number of amides is 2. The molecule has 256 valence electrons. The van der Waals surface area contributed by atoms with Gasteiger partial charge >= 0.3 is 6.09 Å². The van der Waals surface area contributed by atoms with E-state index in [-0.39, 0.29) is 47.9 Å². The zero-order chi connectivity index (χ0) is 33.5. The summed E-state index contributed by atoms with van der Waals surface area (Å²) in [6.45, 7) is 5.14. The van der Waals surface area contributed by atoms with Crippen LogP contribution in [0, 0.1) is 17.8 Å². The highest BCUT2D eigenvalue weighted by Gasteiger charge is 2.54. The van der Waals surface area contributed by atoms with Gasteiger partial charge in [-0.05, 0) is 70.4 Å². The zero-order valence-corrected chi connectivity index (χ0v) is 27.7.